The van der Waals surface area contributed by atoms with E-state index in [1.54, 1.807) is 0 Å². The molecular weight excluding hydrogens is 527 g/mol. The van der Waals surface area contributed by atoms with Crippen LogP contribution in [0.2, 0.25) is 0 Å². The Morgan fingerprint density at radius 2 is 0.762 bits per heavy atom. The number of hydrogen-bond acceptors (Lipinski definition) is 2. The number of hydrogen-bond donors (Lipinski definition) is 2. The first-order valence-corrected chi connectivity index (χ1v) is 16.3. The van der Waals surface area contributed by atoms with Gasteiger partial charge in [-0.25, -0.2) is 0 Å². The van der Waals surface area contributed by atoms with Crippen molar-refractivity contribution in [2.75, 3.05) is 0 Å². The first-order valence-electron chi connectivity index (χ1n) is 14.3. The highest BCUT2D eigenvalue weighted by molar-refractivity contribution is 7.19. The zero-order valence-corrected chi connectivity index (χ0v) is 24.1. The van der Waals surface area contributed by atoms with Crippen molar-refractivity contribution in [1.82, 2.24) is 0 Å². The third-order valence-corrected chi connectivity index (χ3v) is 13.2. The van der Waals surface area contributed by atoms with Gasteiger partial charge in [0.1, 0.15) is 0 Å². The summed E-state index contributed by atoms with van der Waals surface area (Å²) in [4.78, 5) is 0. The molecule has 0 spiro atoms. The van der Waals surface area contributed by atoms with Gasteiger partial charge in [-0.1, -0.05) is 164 Å². The van der Waals surface area contributed by atoms with Gasteiger partial charge in [0.25, 0.3) is 0 Å². The van der Waals surface area contributed by atoms with Gasteiger partial charge in [0.2, 0.25) is 0 Å². The van der Waals surface area contributed by atoms with Crippen molar-refractivity contribution in [3.63, 3.8) is 0 Å². The minimum atomic E-state index is -2.71. The Kier molecular flexibility index (Phi) is 6.81. The largest absolute Gasteiger partial charge is 0.489 e. The zero-order valence-electron chi connectivity index (χ0n) is 23.1. The minimum absolute atomic E-state index is 0.544. The van der Waals surface area contributed by atoms with Gasteiger partial charge in [-0.3, -0.25) is 0 Å². The predicted molar refractivity (Wildman–Crippen MR) is 180 cm³/mol. The molecule has 7 aromatic rings. The summed E-state index contributed by atoms with van der Waals surface area (Å²) in [6, 6.07) is 58.0. The molecule has 42 heavy (non-hydrogen) atoms. The molecule has 0 aliphatic heterocycles. The minimum Gasteiger partial charge on any atom is -0.423 e. The molecule has 0 aliphatic rings. The molecule has 0 heterocycles. The van der Waals surface area contributed by atoms with Crippen LogP contribution in [0.15, 0.2) is 164 Å². The summed E-state index contributed by atoms with van der Waals surface area (Å²) in [5.74, 6) is 0. The molecule has 0 saturated carbocycles. The molecule has 0 fully saturated rings. The van der Waals surface area contributed by atoms with Crippen LogP contribution in [-0.4, -0.2) is 25.2 Å². The summed E-state index contributed by atoms with van der Waals surface area (Å²) >= 11 is 0. The Morgan fingerprint density at radius 3 is 1.19 bits per heavy atom. The van der Waals surface area contributed by atoms with Gasteiger partial charge in [-0.2, -0.15) is 0 Å². The average molecular weight is 557 g/mol. The lowest BCUT2D eigenvalue weighted by atomic mass is 9.72. The molecule has 0 saturated heterocycles. The van der Waals surface area contributed by atoms with E-state index < -0.39 is 15.2 Å². The fourth-order valence-corrected chi connectivity index (χ4v) is 11.5. The Bertz CT molecular complexity index is 1860. The van der Waals surface area contributed by atoms with Crippen LogP contribution in [0.1, 0.15) is 0 Å². The number of rotatable bonds is 6. The third kappa shape index (κ3) is 4.20. The molecule has 4 heteroatoms. The Balaban J connectivity index is 1.59. The van der Waals surface area contributed by atoms with Crippen LogP contribution in [0.25, 0.3) is 32.7 Å². The van der Waals surface area contributed by atoms with Crippen LogP contribution < -0.4 is 26.2 Å². The molecule has 0 radical (unpaired) electrons. The smallest absolute Gasteiger partial charge is 0.423 e. The lowest BCUT2D eigenvalue weighted by Gasteiger charge is -2.34. The van der Waals surface area contributed by atoms with Gasteiger partial charge in [0.05, 0.1) is 0 Å². The van der Waals surface area contributed by atoms with Crippen molar-refractivity contribution in [3.8, 4) is 11.1 Å². The van der Waals surface area contributed by atoms with E-state index in [0.717, 1.165) is 32.7 Å². The van der Waals surface area contributed by atoms with E-state index in [4.69, 9.17) is 0 Å². The van der Waals surface area contributed by atoms with Gasteiger partial charge < -0.3 is 10.0 Å². The van der Waals surface area contributed by atoms with Crippen LogP contribution >= 0.6 is 0 Å². The lowest BCUT2D eigenvalue weighted by molar-refractivity contribution is 0.426. The molecule has 2 nitrogen and oxygen atoms in total. The second kappa shape index (κ2) is 10.9. The van der Waals surface area contributed by atoms with E-state index in [1.165, 1.54) is 20.7 Å². The molecule has 7 rings (SSSR count). The van der Waals surface area contributed by atoms with Crippen LogP contribution in [0.5, 0.6) is 0 Å². The Labute approximate surface area is 247 Å². The van der Waals surface area contributed by atoms with Crippen molar-refractivity contribution in [3.05, 3.63) is 164 Å². The number of fused-ring (bicyclic) bond motifs is 2. The molecule has 0 aliphatic carbocycles. The second-order valence-corrected chi connectivity index (χ2v) is 14.5. The molecule has 0 amide bonds. The van der Waals surface area contributed by atoms with E-state index in [9.17, 15) is 10.0 Å². The SMILES string of the molecule is OB(O)c1c2ccccc2c(-c2cccc([Si](c3ccccc3)(c3ccccc3)c3ccccc3)c2)c2ccccc12. The predicted octanol–water partition coefficient (Wildman–Crippen LogP) is 4.72. The zero-order chi connectivity index (χ0) is 28.5. The quantitative estimate of drug-likeness (QED) is 0.177. The normalized spacial score (nSPS) is 11.6. The maximum Gasteiger partial charge on any atom is 0.489 e. The Hall–Kier alpha value is -4.74. The van der Waals surface area contributed by atoms with Crippen molar-refractivity contribution >= 4 is 62.9 Å². The summed E-state index contributed by atoms with van der Waals surface area (Å²) in [5.41, 5.74) is 2.76. The van der Waals surface area contributed by atoms with Crippen LogP contribution in [-0.2, 0) is 0 Å². The summed E-state index contributed by atoms with van der Waals surface area (Å²) in [6.07, 6.45) is 0. The second-order valence-electron chi connectivity index (χ2n) is 10.7. The maximum absolute atomic E-state index is 10.5. The molecular formula is C38H29BO2Si. The average Bonchev–Trinajstić information content (AvgIpc) is 3.05. The van der Waals surface area contributed by atoms with E-state index in [-0.39, 0.29) is 0 Å². The summed E-state index contributed by atoms with van der Waals surface area (Å²) in [7, 11) is -4.28. The van der Waals surface area contributed by atoms with Crippen molar-refractivity contribution in [1.29, 1.82) is 0 Å². The molecule has 0 atom stereocenters. The topological polar surface area (TPSA) is 40.5 Å². The molecule has 0 unspecified atom stereocenters. The van der Waals surface area contributed by atoms with Crippen molar-refractivity contribution in [2.45, 2.75) is 0 Å². The molecule has 200 valence electrons. The van der Waals surface area contributed by atoms with Gasteiger partial charge in [-0.15, -0.1) is 0 Å². The maximum atomic E-state index is 10.5. The number of benzene rings is 7. The molecule has 0 aromatic heterocycles. The van der Waals surface area contributed by atoms with E-state index in [0.29, 0.717) is 5.46 Å². The third-order valence-electron chi connectivity index (χ3n) is 8.44. The van der Waals surface area contributed by atoms with E-state index >= 15 is 0 Å². The van der Waals surface area contributed by atoms with Gasteiger partial charge >= 0.3 is 7.12 Å². The highest BCUT2D eigenvalue weighted by Gasteiger charge is 2.41. The Morgan fingerprint density at radius 1 is 0.381 bits per heavy atom. The van der Waals surface area contributed by atoms with Gasteiger partial charge in [0.15, 0.2) is 8.07 Å². The van der Waals surface area contributed by atoms with Gasteiger partial charge in [-0.05, 0) is 58.9 Å². The summed E-state index contributed by atoms with van der Waals surface area (Å²) < 4.78 is 0. The van der Waals surface area contributed by atoms with Gasteiger partial charge in [0, 0.05) is 0 Å². The first kappa shape index (κ1) is 26.2. The monoisotopic (exact) mass is 556 g/mol. The molecule has 2 N–H and O–H groups in total. The fraction of sp³-hybridized carbons (Fsp3) is 0. The van der Waals surface area contributed by atoms with Crippen LogP contribution in [0.3, 0.4) is 0 Å². The lowest BCUT2D eigenvalue weighted by Crippen LogP contribution is -2.74. The summed E-state index contributed by atoms with van der Waals surface area (Å²) in [5, 5.41) is 29.9. The highest BCUT2D eigenvalue weighted by atomic mass is 28.3. The summed E-state index contributed by atoms with van der Waals surface area (Å²) in [6.45, 7) is 0. The van der Waals surface area contributed by atoms with E-state index in [1.807, 2.05) is 36.4 Å². The molecule has 7 aromatic carbocycles. The fourth-order valence-electron chi connectivity index (χ4n) is 6.72. The standard InChI is InChI=1S/C38H29BO2Si/c40-39(41)38-35-25-12-10-23-33(35)37(34-24-11-13-26-36(34)38)28-15-14-22-32(27-28)42(29-16-4-1-5-17-29,30-18-6-2-7-19-30)31-20-8-3-9-21-31/h1-27,40-41H. The van der Waals surface area contributed by atoms with E-state index in [2.05, 4.69) is 127 Å². The highest BCUT2D eigenvalue weighted by Crippen LogP contribution is 2.35. The van der Waals surface area contributed by atoms with Crippen LogP contribution in [0, 0.1) is 0 Å². The van der Waals surface area contributed by atoms with Crippen LogP contribution in [0.4, 0.5) is 0 Å². The molecule has 0 bridgehead atoms. The van der Waals surface area contributed by atoms with Crippen molar-refractivity contribution in [2.24, 2.45) is 0 Å². The van der Waals surface area contributed by atoms with Crippen molar-refractivity contribution < 1.29 is 10.0 Å². The first-order chi connectivity index (χ1) is 20.7.